The van der Waals surface area contributed by atoms with Crippen molar-refractivity contribution < 1.29 is 9.90 Å². The summed E-state index contributed by atoms with van der Waals surface area (Å²) in [6.07, 6.45) is 0.396. The summed E-state index contributed by atoms with van der Waals surface area (Å²) in [4.78, 5) is 10.4. The van der Waals surface area contributed by atoms with Gasteiger partial charge < -0.3 is 0 Å². The van der Waals surface area contributed by atoms with Gasteiger partial charge in [0.25, 0.3) is 0 Å². The molecule has 3 N–H and O–H groups in total. The molecule has 5 heteroatoms. The Morgan fingerprint density at radius 2 is 1.45 bits per heavy atom. The van der Waals surface area contributed by atoms with Crippen LogP contribution in [0, 0.1) is 12.2 Å². The largest absolute Gasteiger partial charge is 0.381 e. The van der Waals surface area contributed by atoms with E-state index in [9.17, 15) is 9.90 Å². The number of rotatable bonds is 5. The molecule has 0 saturated heterocycles. The maximum Gasteiger partial charge on any atom is 0.381 e. The molecule has 0 atom stereocenters. The Morgan fingerprint density at radius 1 is 1.00 bits per heavy atom. The third-order valence-electron chi connectivity index (χ3n) is 1.20. The van der Waals surface area contributed by atoms with Crippen LogP contribution in [-0.4, -0.2) is 27.1 Å². The molecule has 5 nitrogen and oxygen atoms in total. The minimum Gasteiger partial charge on any atom is -0.300 e. The lowest BCUT2D eigenvalue weighted by molar-refractivity contribution is -0.141. The fraction of sp³-hybridized carbons (Fsp3) is 0.500. The van der Waals surface area contributed by atoms with Crippen molar-refractivity contribution in [1.82, 2.24) is 16.0 Å². The Bertz CT molecular complexity index is 125. The normalized spacial score (nSPS) is 11.0. The SMILES string of the molecule is CN[C](NC)[C](NC)C([O])=O. The van der Waals surface area contributed by atoms with Crippen molar-refractivity contribution in [3.8, 4) is 0 Å². The molecule has 0 amide bonds. The maximum atomic E-state index is 10.4. The first-order valence-electron chi connectivity index (χ1n) is 3.16. The molecule has 0 fully saturated rings. The van der Waals surface area contributed by atoms with E-state index in [4.69, 9.17) is 0 Å². The molecule has 0 saturated carbocycles. The van der Waals surface area contributed by atoms with Crippen LogP contribution < -0.4 is 16.0 Å². The minimum atomic E-state index is -1.24. The van der Waals surface area contributed by atoms with E-state index in [1.807, 2.05) is 0 Å². The first kappa shape index (κ1) is 10.3. The van der Waals surface area contributed by atoms with Gasteiger partial charge in [0.05, 0.1) is 0 Å². The summed E-state index contributed by atoms with van der Waals surface area (Å²) in [7, 11) is 4.75. The van der Waals surface area contributed by atoms with Crippen LogP contribution in [0.3, 0.4) is 0 Å². The van der Waals surface area contributed by atoms with E-state index in [1.54, 1.807) is 14.1 Å². The van der Waals surface area contributed by atoms with Crippen molar-refractivity contribution in [2.24, 2.45) is 0 Å². The number of hydrogen-bond acceptors (Lipinski definition) is 4. The van der Waals surface area contributed by atoms with E-state index in [1.165, 1.54) is 7.05 Å². The van der Waals surface area contributed by atoms with Gasteiger partial charge in [0.15, 0.2) is 6.04 Å². The number of likely N-dealkylation sites (N-methyl/N-ethyl adjacent to an activating group) is 3. The monoisotopic (exact) mass is 158 g/mol. The third-order valence-corrected chi connectivity index (χ3v) is 1.20. The molecule has 0 rings (SSSR count). The van der Waals surface area contributed by atoms with E-state index in [0.717, 1.165) is 0 Å². The second-order valence-corrected chi connectivity index (χ2v) is 1.79. The Morgan fingerprint density at radius 3 is 1.55 bits per heavy atom. The van der Waals surface area contributed by atoms with E-state index in [2.05, 4.69) is 16.0 Å². The van der Waals surface area contributed by atoms with Gasteiger partial charge in [-0.1, -0.05) is 0 Å². The zero-order valence-electron chi connectivity index (χ0n) is 6.82. The van der Waals surface area contributed by atoms with Crippen molar-refractivity contribution in [1.29, 1.82) is 0 Å². The minimum absolute atomic E-state index is 0.00926. The molecule has 0 aromatic rings. The molecule has 0 aliphatic carbocycles. The van der Waals surface area contributed by atoms with Gasteiger partial charge in [0.1, 0.15) is 6.17 Å². The van der Waals surface area contributed by atoms with Crippen LogP contribution in [0.15, 0.2) is 0 Å². The highest BCUT2D eigenvalue weighted by molar-refractivity contribution is 5.84. The molecule has 0 unspecified atom stereocenters. The topological polar surface area (TPSA) is 73.1 Å². The standard InChI is InChI=1S/C6H12N3O2/c1-7-4(6(10)11)5(8-2)9-3/h7-9H,1-3H3. The van der Waals surface area contributed by atoms with Crippen LogP contribution in [0.4, 0.5) is 0 Å². The predicted molar refractivity (Wildman–Crippen MR) is 39.4 cm³/mol. The van der Waals surface area contributed by atoms with Gasteiger partial charge in [-0.3, -0.25) is 16.0 Å². The van der Waals surface area contributed by atoms with Crippen molar-refractivity contribution in [2.45, 2.75) is 0 Å². The molecule has 0 aromatic heterocycles. The summed E-state index contributed by atoms with van der Waals surface area (Å²) in [5.74, 6) is -1.24. The zero-order chi connectivity index (χ0) is 8.85. The maximum absolute atomic E-state index is 10.4. The van der Waals surface area contributed by atoms with Crippen LogP contribution >= 0.6 is 0 Å². The quantitative estimate of drug-likeness (QED) is 0.461. The molecule has 0 bridgehead atoms. The first-order chi connectivity index (χ1) is 5.17. The van der Waals surface area contributed by atoms with E-state index >= 15 is 0 Å². The lowest BCUT2D eigenvalue weighted by atomic mass is 10.2. The van der Waals surface area contributed by atoms with E-state index < -0.39 is 5.97 Å². The molecular formula is C6H12N3O2. The Hall–Kier alpha value is -0.650. The van der Waals surface area contributed by atoms with Crippen LogP contribution in [0.2, 0.25) is 0 Å². The average Bonchev–Trinajstić information content (AvgIpc) is 1.99. The van der Waals surface area contributed by atoms with Gasteiger partial charge in [0, 0.05) is 0 Å². The fourth-order valence-electron chi connectivity index (χ4n) is 0.704. The van der Waals surface area contributed by atoms with Gasteiger partial charge in [-0.25, -0.2) is 9.90 Å². The Labute approximate surface area is 66.2 Å². The summed E-state index contributed by atoms with van der Waals surface area (Å²) < 4.78 is 0. The molecule has 0 spiro atoms. The van der Waals surface area contributed by atoms with Gasteiger partial charge >= 0.3 is 5.97 Å². The predicted octanol–water partition coefficient (Wildman–Crippen LogP) is -1.38. The van der Waals surface area contributed by atoms with Gasteiger partial charge in [-0.15, -0.1) is 0 Å². The highest BCUT2D eigenvalue weighted by atomic mass is 16.4. The highest BCUT2D eigenvalue weighted by Gasteiger charge is 2.27. The zero-order valence-corrected chi connectivity index (χ0v) is 6.82. The average molecular weight is 158 g/mol. The van der Waals surface area contributed by atoms with Crippen LogP contribution in [-0.2, 0) is 9.90 Å². The molecule has 0 aliphatic heterocycles. The fourth-order valence-corrected chi connectivity index (χ4v) is 0.704. The summed E-state index contributed by atoms with van der Waals surface area (Å²) in [6, 6.07) is 0.00926. The molecule has 0 aliphatic rings. The lowest BCUT2D eigenvalue weighted by Gasteiger charge is -2.18. The van der Waals surface area contributed by atoms with Crippen molar-refractivity contribution >= 4 is 5.97 Å². The molecule has 3 radical (unpaired) electrons. The molecule has 11 heavy (non-hydrogen) atoms. The molecule has 0 heterocycles. The first-order valence-corrected chi connectivity index (χ1v) is 3.16. The van der Waals surface area contributed by atoms with E-state index in [-0.39, 0.29) is 6.04 Å². The van der Waals surface area contributed by atoms with Crippen molar-refractivity contribution in [2.75, 3.05) is 21.1 Å². The van der Waals surface area contributed by atoms with Crippen LogP contribution in [0.5, 0.6) is 0 Å². The van der Waals surface area contributed by atoms with E-state index in [0.29, 0.717) is 6.17 Å². The second kappa shape index (κ2) is 5.06. The number of carbonyl (C=O) groups is 1. The number of hydrogen-bond donors (Lipinski definition) is 3. The second-order valence-electron chi connectivity index (χ2n) is 1.79. The van der Waals surface area contributed by atoms with Crippen molar-refractivity contribution in [3.05, 3.63) is 12.2 Å². The molecule has 0 aromatic carbocycles. The lowest BCUT2D eigenvalue weighted by Crippen LogP contribution is -2.43. The van der Waals surface area contributed by atoms with Crippen molar-refractivity contribution in [3.63, 3.8) is 0 Å². The van der Waals surface area contributed by atoms with Gasteiger partial charge in [-0.05, 0) is 21.1 Å². The summed E-state index contributed by atoms with van der Waals surface area (Å²) in [6.45, 7) is 0. The Balaban J connectivity index is 4.09. The number of nitrogens with one attached hydrogen (secondary N) is 3. The summed E-state index contributed by atoms with van der Waals surface area (Å²) in [5.41, 5.74) is 0. The van der Waals surface area contributed by atoms with Crippen LogP contribution in [0.1, 0.15) is 0 Å². The summed E-state index contributed by atoms with van der Waals surface area (Å²) >= 11 is 0. The summed E-state index contributed by atoms with van der Waals surface area (Å²) in [5, 5.41) is 18.2. The third kappa shape index (κ3) is 2.83. The Kier molecular flexibility index (Phi) is 4.76. The molecular weight excluding hydrogens is 146 g/mol. The van der Waals surface area contributed by atoms with Crippen LogP contribution in [0.25, 0.3) is 0 Å². The smallest absolute Gasteiger partial charge is 0.300 e. The van der Waals surface area contributed by atoms with Gasteiger partial charge in [0.2, 0.25) is 0 Å². The highest BCUT2D eigenvalue weighted by Crippen LogP contribution is 2.05. The molecule has 63 valence electrons. The van der Waals surface area contributed by atoms with Gasteiger partial charge in [-0.2, -0.15) is 0 Å². The number of carbonyl (C=O) groups excluding carboxylic acids is 1.